The summed E-state index contributed by atoms with van der Waals surface area (Å²) in [6.07, 6.45) is 8.41. The van der Waals surface area contributed by atoms with Crippen molar-refractivity contribution >= 4 is 18.0 Å². The first kappa shape index (κ1) is 22.0. The molecular formula is C21H32N2O3S. The topological polar surface area (TPSA) is 84.6 Å². The van der Waals surface area contributed by atoms with Crippen LogP contribution in [0, 0.1) is 5.92 Å². The molecule has 27 heavy (non-hydrogen) atoms. The first-order valence-corrected chi connectivity index (χ1v) is 10.6. The molecule has 0 heterocycles. The zero-order valence-electron chi connectivity index (χ0n) is 16.1. The van der Waals surface area contributed by atoms with Gasteiger partial charge in [0.25, 0.3) is 0 Å². The van der Waals surface area contributed by atoms with E-state index < -0.39 is 5.60 Å². The van der Waals surface area contributed by atoms with Gasteiger partial charge in [0.1, 0.15) is 12.0 Å². The van der Waals surface area contributed by atoms with Crippen molar-refractivity contribution in [1.29, 1.82) is 0 Å². The van der Waals surface area contributed by atoms with Crippen LogP contribution in [-0.2, 0) is 4.79 Å². The van der Waals surface area contributed by atoms with Crippen LogP contribution in [0.5, 0.6) is 5.75 Å². The fraction of sp³-hybridized carbons (Fsp3) is 0.571. The van der Waals surface area contributed by atoms with Gasteiger partial charge < -0.3 is 25.7 Å². The maximum absolute atomic E-state index is 10.8. The van der Waals surface area contributed by atoms with Crippen molar-refractivity contribution in [3.05, 3.63) is 36.4 Å². The number of thioether (sulfide) groups is 1. The van der Waals surface area contributed by atoms with Gasteiger partial charge in [-0.2, -0.15) is 0 Å². The number of aliphatic hydroxyl groups is 1. The van der Waals surface area contributed by atoms with Gasteiger partial charge in [0.05, 0.1) is 12.2 Å². The van der Waals surface area contributed by atoms with Gasteiger partial charge in [-0.1, -0.05) is 18.2 Å². The van der Waals surface area contributed by atoms with Crippen LogP contribution < -0.4 is 15.8 Å². The van der Waals surface area contributed by atoms with E-state index in [2.05, 4.69) is 23.5 Å². The molecule has 0 amide bonds. The second kappa shape index (κ2) is 11.5. The number of ether oxygens (including phenoxy) is 1. The van der Waals surface area contributed by atoms with Gasteiger partial charge in [0, 0.05) is 35.6 Å². The molecule has 0 aliphatic heterocycles. The molecule has 5 nitrogen and oxygen atoms in total. The molecule has 4 N–H and O–H groups in total. The summed E-state index contributed by atoms with van der Waals surface area (Å²) in [7, 11) is 0. The summed E-state index contributed by atoms with van der Waals surface area (Å²) in [6, 6.07) is 8.00. The summed E-state index contributed by atoms with van der Waals surface area (Å²) in [5.41, 5.74) is 4.78. The summed E-state index contributed by atoms with van der Waals surface area (Å²) in [5.74, 6) is 0.986. The SMILES string of the molecule is C[C@](O)(CCNCCN)C1C=CC(Sc2cccc(OCCC=O)c2)CC1. The Balaban J connectivity index is 1.84. The van der Waals surface area contributed by atoms with Crippen LogP contribution in [0.4, 0.5) is 0 Å². The van der Waals surface area contributed by atoms with Crippen molar-refractivity contribution in [2.24, 2.45) is 11.7 Å². The Morgan fingerprint density at radius 1 is 1.37 bits per heavy atom. The molecule has 2 rings (SSSR count). The molecule has 0 saturated carbocycles. The van der Waals surface area contributed by atoms with E-state index in [1.807, 2.05) is 36.9 Å². The lowest BCUT2D eigenvalue weighted by atomic mass is 9.80. The molecule has 1 aromatic rings. The minimum Gasteiger partial charge on any atom is -0.493 e. The van der Waals surface area contributed by atoms with Crippen molar-refractivity contribution in [2.75, 3.05) is 26.2 Å². The predicted molar refractivity (Wildman–Crippen MR) is 111 cm³/mol. The molecule has 0 saturated heterocycles. The molecule has 1 aromatic carbocycles. The molecule has 0 aromatic heterocycles. The largest absolute Gasteiger partial charge is 0.493 e. The normalized spacial score (nSPS) is 21.6. The van der Waals surface area contributed by atoms with E-state index in [-0.39, 0.29) is 5.92 Å². The monoisotopic (exact) mass is 392 g/mol. The molecule has 0 radical (unpaired) electrons. The van der Waals surface area contributed by atoms with Gasteiger partial charge in [-0.25, -0.2) is 0 Å². The molecule has 6 heteroatoms. The maximum Gasteiger partial charge on any atom is 0.123 e. The van der Waals surface area contributed by atoms with Gasteiger partial charge in [0.2, 0.25) is 0 Å². The zero-order valence-corrected chi connectivity index (χ0v) is 16.9. The molecule has 0 spiro atoms. The third-order valence-corrected chi connectivity index (χ3v) is 6.07. The van der Waals surface area contributed by atoms with E-state index in [1.165, 1.54) is 0 Å². The Morgan fingerprint density at radius 3 is 2.93 bits per heavy atom. The van der Waals surface area contributed by atoms with Gasteiger partial charge in [-0.15, -0.1) is 11.8 Å². The fourth-order valence-corrected chi connectivity index (χ4v) is 4.32. The minimum atomic E-state index is -0.694. The fourth-order valence-electron chi connectivity index (χ4n) is 3.20. The van der Waals surface area contributed by atoms with Crippen molar-refractivity contribution in [3.63, 3.8) is 0 Å². The Bertz CT molecular complexity index is 607. The molecule has 2 unspecified atom stereocenters. The summed E-state index contributed by atoms with van der Waals surface area (Å²) >= 11 is 1.81. The van der Waals surface area contributed by atoms with Crippen LogP contribution >= 0.6 is 11.8 Å². The van der Waals surface area contributed by atoms with E-state index in [0.717, 1.165) is 49.3 Å². The lowest BCUT2D eigenvalue weighted by Crippen LogP contribution is -2.39. The van der Waals surface area contributed by atoms with E-state index in [1.54, 1.807) is 0 Å². The van der Waals surface area contributed by atoms with Crippen molar-refractivity contribution in [2.45, 2.75) is 48.4 Å². The molecule has 1 aliphatic rings. The second-order valence-electron chi connectivity index (χ2n) is 7.15. The Kier molecular flexibility index (Phi) is 9.34. The molecule has 3 atom stereocenters. The van der Waals surface area contributed by atoms with Gasteiger partial charge in [-0.3, -0.25) is 0 Å². The quantitative estimate of drug-likeness (QED) is 0.288. The van der Waals surface area contributed by atoms with E-state index >= 15 is 0 Å². The van der Waals surface area contributed by atoms with Crippen LogP contribution in [0.3, 0.4) is 0 Å². The first-order valence-electron chi connectivity index (χ1n) is 9.70. The summed E-state index contributed by atoms with van der Waals surface area (Å²) in [4.78, 5) is 11.5. The number of rotatable bonds is 12. The smallest absolute Gasteiger partial charge is 0.123 e. The van der Waals surface area contributed by atoms with Crippen molar-refractivity contribution < 1.29 is 14.6 Å². The number of hydrogen-bond acceptors (Lipinski definition) is 6. The highest BCUT2D eigenvalue weighted by atomic mass is 32.2. The third kappa shape index (κ3) is 7.66. The van der Waals surface area contributed by atoms with Crippen LogP contribution in [-0.4, -0.2) is 48.5 Å². The first-order chi connectivity index (χ1) is 13.0. The average molecular weight is 393 g/mol. The molecular weight excluding hydrogens is 360 g/mol. The Labute approximate surface area is 166 Å². The number of benzene rings is 1. The summed E-state index contributed by atoms with van der Waals surface area (Å²) in [5, 5.41) is 14.4. The number of carbonyl (C=O) groups is 1. The highest BCUT2D eigenvalue weighted by molar-refractivity contribution is 8.00. The van der Waals surface area contributed by atoms with E-state index in [9.17, 15) is 9.90 Å². The lowest BCUT2D eigenvalue weighted by molar-refractivity contribution is -0.108. The maximum atomic E-state index is 10.8. The number of hydrogen-bond donors (Lipinski definition) is 3. The van der Waals surface area contributed by atoms with Gasteiger partial charge >= 0.3 is 0 Å². The highest BCUT2D eigenvalue weighted by Crippen LogP contribution is 2.37. The Hall–Kier alpha value is -1.34. The standard InChI is InChI=1S/C21H32N2O3S/c1-21(25,10-12-23-13-11-22)17-6-8-19(9-7-17)27-20-5-2-4-18(16-20)26-15-3-14-24/h2,4-6,8,14,16-17,19,23,25H,3,7,9-13,15,22H2,1H3/t17?,19?,21-/m0/s1. The van der Waals surface area contributed by atoms with Crippen LogP contribution in [0.2, 0.25) is 0 Å². The number of aldehydes is 1. The second-order valence-corrected chi connectivity index (χ2v) is 8.46. The van der Waals surface area contributed by atoms with E-state index in [0.29, 0.717) is 24.8 Å². The third-order valence-electron chi connectivity index (χ3n) is 4.85. The predicted octanol–water partition coefficient (Wildman–Crippen LogP) is 2.77. The van der Waals surface area contributed by atoms with Crippen molar-refractivity contribution in [1.82, 2.24) is 5.32 Å². The Morgan fingerprint density at radius 2 is 2.22 bits per heavy atom. The number of nitrogens with one attached hydrogen (secondary N) is 1. The molecule has 150 valence electrons. The highest BCUT2D eigenvalue weighted by Gasteiger charge is 2.32. The van der Waals surface area contributed by atoms with Crippen LogP contribution in [0.1, 0.15) is 32.6 Å². The minimum absolute atomic E-state index is 0.187. The zero-order chi connectivity index (χ0) is 19.5. The van der Waals surface area contributed by atoms with Crippen LogP contribution in [0.25, 0.3) is 0 Å². The number of nitrogens with two attached hydrogens (primary N) is 1. The molecule has 0 fully saturated rings. The number of carbonyl (C=O) groups excluding carboxylic acids is 1. The van der Waals surface area contributed by atoms with Crippen LogP contribution in [0.15, 0.2) is 41.3 Å². The summed E-state index contributed by atoms with van der Waals surface area (Å²) < 4.78 is 5.58. The molecule has 0 bridgehead atoms. The van der Waals surface area contributed by atoms with Gasteiger partial charge in [-0.05, 0) is 50.9 Å². The summed E-state index contributed by atoms with van der Waals surface area (Å²) in [6.45, 7) is 4.53. The van der Waals surface area contributed by atoms with E-state index in [4.69, 9.17) is 10.5 Å². The van der Waals surface area contributed by atoms with Gasteiger partial charge in [0.15, 0.2) is 0 Å². The average Bonchev–Trinajstić information content (AvgIpc) is 2.66. The molecule has 1 aliphatic carbocycles. The lowest BCUT2D eigenvalue weighted by Gasteiger charge is -2.34. The van der Waals surface area contributed by atoms with Crippen molar-refractivity contribution in [3.8, 4) is 5.75 Å².